The number of benzene rings is 1. The molecule has 1 aromatic heterocycles. The van der Waals surface area contributed by atoms with Gasteiger partial charge in [0.25, 0.3) is 0 Å². The molecule has 0 aliphatic heterocycles. The van der Waals surface area contributed by atoms with Crippen LogP contribution < -0.4 is 5.73 Å². The molecule has 1 aromatic carbocycles. The Morgan fingerprint density at radius 3 is 2.56 bits per heavy atom. The molecule has 1 heterocycles. The topological polar surface area (TPSA) is 43.8 Å². The van der Waals surface area contributed by atoms with Gasteiger partial charge in [-0.15, -0.1) is 0 Å². The van der Waals surface area contributed by atoms with Crippen LogP contribution in [-0.2, 0) is 13.5 Å². The molecular formula is C15H23N3. The van der Waals surface area contributed by atoms with Gasteiger partial charge in [-0.05, 0) is 30.4 Å². The Kier molecular flexibility index (Phi) is 3.44. The first kappa shape index (κ1) is 13.1. The highest BCUT2D eigenvalue weighted by atomic mass is 15.3. The fraction of sp³-hybridized carbons (Fsp3) is 0.533. The summed E-state index contributed by atoms with van der Waals surface area (Å²) < 4.78 is 1.96. The highest BCUT2D eigenvalue weighted by Crippen LogP contribution is 2.30. The second-order valence-electron chi connectivity index (χ2n) is 6.09. The molecule has 0 radical (unpaired) electrons. The standard InChI is InChI=1S/C15H23N3/c1-15(2,3)11(10-16)9-13-12-7-5-6-8-14(12)18(4)17-13/h5-8,11H,9-10,16H2,1-4H3. The van der Waals surface area contributed by atoms with Gasteiger partial charge in [-0.25, -0.2) is 0 Å². The van der Waals surface area contributed by atoms with E-state index in [0.29, 0.717) is 12.5 Å². The van der Waals surface area contributed by atoms with Gasteiger partial charge in [-0.2, -0.15) is 5.10 Å². The van der Waals surface area contributed by atoms with E-state index in [1.165, 1.54) is 16.6 Å². The zero-order chi connectivity index (χ0) is 13.3. The Balaban J connectivity index is 2.37. The second kappa shape index (κ2) is 4.73. The lowest BCUT2D eigenvalue weighted by Gasteiger charge is -2.29. The molecule has 0 saturated heterocycles. The summed E-state index contributed by atoms with van der Waals surface area (Å²) in [6.45, 7) is 7.44. The lowest BCUT2D eigenvalue weighted by Crippen LogP contribution is -2.30. The summed E-state index contributed by atoms with van der Waals surface area (Å²) in [5.41, 5.74) is 8.50. The molecule has 1 unspecified atom stereocenters. The first-order valence-corrected chi connectivity index (χ1v) is 6.54. The van der Waals surface area contributed by atoms with Gasteiger partial charge in [-0.3, -0.25) is 4.68 Å². The molecule has 2 aromatic rings. The van der Waals surface area contributed by atoms with Gasteiger partial charge in [0.05, 0.1) is 11.2 Å². The molecule has 0 bridgehead atoms. The summed E-state index contributed by atoms with van der Waals surface area (Å²) in [6.07, 6.45) is 0.946. The number of para-hydroxylation sites is 1. The highest BCUT2D eigenvalue weighted by Gasteiger charge is 2.25. The molecule has 0 aliphatic rings. The Bertz CT molecular complexity index is 534. The first-order valence-electron chi connectivity index (χ1n) is 6.54. The van der Waals surface area contributed by atoms with Crippen LogP contribution in [0.1, 0.15) is 26.5 Å². The summed E-state index contributed by atoms with van der Waals surface area (Å²) in [6, 6.07) is 8.38. The van der Waals surface area contributed by atoms with Gasteiger partial charge >= 0.3 is 0 Å². The summed E-state index contributed by atoms with van der Waals surface area (Å²) in [5, 5.41) is 5.90. The SMILES string of the molecule is Cn1nc(CC(CN)C(C)(C)C)c2ccccc21. The van der Waals surface area contributed by atoms with Crippen LogP contribution in [0.25, 0.3) is 10.9 Å². The molecule has 3 heteroatoms. The lowest BCUT2D eigenvalue weighted by atomic mass is 9.78. The average Bonchev–Trinajstić information content (AvgIpc) is 2.62. The predicted octanol–water partition coefficient (Wildman–Crippen LogP) is 2.74. The number of hydrogen-bond donors (Lipinski definition) is 1. The number of hydrogen-bond acceptors (Lipinski definition) is 2. The minimum Gasteiger partial charge on any atom is -0.330 e. The van der Waals surface area contributed by atoms with Gasteiger partial charge < -0.3 is 5.73 Å². The van der Waals surface area contributed by atoms with E-state index in [1.54, 1.807) is 0 Å². The third kappa shape index (κ3) is 2.41. The Morgan fingerprint density at radius 2 is 1.94 bits per heavy atom. The average molecular weight is 245 g/mol. The molecule has 0 saturated carbocycles. The van der Waals surface area contributed by atoms with Gasteiger partial charge in [0.1, 0.15) is 0 Å². The molecular weight excluding hydrogens is 222 g/mol. The van der Waals surface area contributed by atoms with Crippen LogP contribution in [0, 0.1) is 11.3 Å². The fourth-order valence-electron chi connectivity index (χ4n) is 2.42. The largest absolute Gasteiger partial charge is 0.330 e. The Morgan fingerprint density at radius 1 is 1.28 bits per heavy atom. The van der Waals surface area contributed by atoms with Crippen LogP contribution in [0.5, 0.6) is 0 Å². The van der Waals surface area contributed by atoms with Crippen molar-refractivity contribution in [2.45, 2.75) is 27.2 Å². The predicted molar refractivity (Wildman–Crippen MR) is 76.4 cm³/mol. The normalized spacial score (nSPS) is 14.1. The maximum absolute atomic E-state index is 5.92. The summed E-state index contributed by atoms with van der Waals surface area (Å²) in [7, 11) is 2.00. The van der Waals surface area contributed by atoms with E-state index in [0.717, 1.165) is 6.42 Å². The van der Waals surface area contributed by atoms with Crippen molar-refractivity contribution in [3.63, 3.8) is 0 Å². The Hall–Kier alpha value is -1.35. The van der Waals surface area contributed by atoms with Crippen molar-refractivity contribution in [1.29, 1.82) is 0 Å². The first-order chi connectivity index (χ1) is 8.43. The molecule has 2 rings (SSSR count). The number of rotatable bonds is 3. The summed E-state index contributed by atoms with van der Waals surface area (Å²) in [4.78, 5) is 0. The number of nitrogens with two attached hydrogens (primary N) is 1. The van der Waals surface area contributed by atoms with Gasteiger partial charge in [0.2, 0.25) is 0 Å². The lowest BCUT2D eigenvalue weighted by molar-refractivity contribution is 0.244. The van der Waals surface area contributed by atoms with E-state index in [1.807, 2.05) is 11.7 Å². The van der Waals surface area contributed by atoms with Crippen molar-refractivity contribution in [3.8, 4) is 0 Å². The maximum Gasteiger partial charge on any atom is 0.0706 e. The van der Waals surface area contributed by atoms with Crippen molar-refractivity contribution in [2.75, 3.05) is 6.54 Å². The summed E-state index contributed by atoms with van der Waals surface area (Å²) >= 11 is 0. The monoisotopic (exact) mass is 245 g/mol. The third-order valence-electron chi connectivity index (χ3n) is 3.78. The molecule has 18 heavy (non-hydrogen) atoms. The van der Waals surface area contributed by atoms with Crippen LogP contribution >= 0.6 is 0 Å². The quantitative estimate of drug-likeness (QED) is 0.903. The molecule has 0 fully saturated rings. The number of aromatic nitrogens is 2. The number of nitrogens with zero attached hydrogens (tertiary/aromatic N) is 2. The number of fused-ring (bicyclic) bond motifs is 1. The number of aryl methyl sites for hydroxylation is 1. The summed E-state index contributed by atoms with van der Waals surface area (Å²) in [5.74, 6) is 0.454. The van der Waals surface area contributed by atoms with Crippen LogP contribution in [-0.4, -0.2) is 16.3 Å². The van der Waals surface area contributed by atoms with E-state index >= 15 is 0 Å². The van der Waals surface area contributed by atoms with Gasteiger partial charge in [-0.1, -0.05) is 39.0 Å². The highest BCUT2D eigenvalue weighted by molar-refractivity contribution is 5.81. The van der Waals surface area contributed by atoms with Crippen molar-refractivity contribution in [1.82, 2.24) is 9.78 Å². The maximum atomic E-state index is 5.92. The molecule has 3 nitrogen and oxygen atoms in total. The van der Waals surface area contributed by atoms with Gasteiger partial charge in [0, 0.05) is 12.4 Å². The molecule has 98 valence electrons. The minimum atomic E-state index is 0.216. The van der Waals surface area contributed by atoms with Crippen molar-refractivity contribution in [2.24, 2.45) is 24.1 Å². The van der Waals surface area contributed by atoms with Gasteiger partial charge in [0.15, 0.2) is 0 Å². The molecule has 1 atom stereocenters. The van der Waals surface area contributed by atoms with Crippen LogP contribution in [0.2, 0.25) is 0 Å². The molecule has 0 aliphatic carbocycles. The Labute approximate surface area is 109 Å². The zero-order valence-corrected chi connectivity index (χ0v) is 11.8. The van der Waals surface area contributed by atoms with E-state index < -0.39 is 0 Å². The molecule has 0 spiro atoms. The van der Waals surface area contributed by atoms with Crippen LogP contribution in [0.4, 0.5) is 0 Å². The van der Waals surface area contributed by atoms with Crippen molar-refractivity contribution in [3.05, 3.63) is 30.0 Å². The van der Waals surface area contributed by atoms with Crippen LogP contribution in [0.15, 0.2) is 24.3 Å². The van der Waals surface area contributed by atoms with Crippen LogP contribution in [0.3, 0.4) is 0 Å². The van der Waals surface area contributed by atoms with E-state index in [-0.39, 0.29) is 5.41 Å². The van der Waals surface area contributed by atoms with Crippen molar-refractivity contribution < 1.29 is 0 Å². The van der Waals surface area contributed by atoms with E-state index in [2.05, 4.69) is 50.1 Å². The van der Waals surface area contributed by atoms with E-state index in [4.69, 9.17) is 5.73 Å². The fourth-order valence-corrected chi connectivity index (χ4v) is 2.42. The van der Waals surface area contributed by atoms with E-state index in [9.17, 15) is 0 Å². The molecule has 0 amide bonds. The zero-order valence-electron chi connectivity index (χ0n) is 11.8. The second-order valence-corrected chi connectivity index (χ2v) is 6.09. The smallest absolute Gasteiger partial charge is 0.0706 e. The third-order valence-corrected chi connectivity index (χ3v) is 3.78. The van der Waals surface area contributed by atoms with Crippen molar-refractivity contribution >= 4 is 10.9 Å². The minimum absolute atomic E-state index is 0.216. The molecule has 2 N–H and O–H groups in total.